The molecular formula is C15H21FN2. The van der Waals surface area contributed by atoms with Crippen LogP contribution in [0, 0.1) is 22.6 Å². The fourth-order valence-electron chi connectivity index (χ4n) is 1.94. The Morgan fingerprint density at radius 2 is 1.83 bits per heavy atom. The lowest BCUT2D eigenvalue weighted by atomic mass is 9.95. The minimum Gasteiger partial charge on any atom is -0.298 e. The van der Waals surface area contributed by atoms with E-state index in [0.29, 0.717) is 6.42 Å². The highest BCUT2D eigenvalue weighted by Gasteiger charge is 2.16. The van der Waals surface area contributed by atoms with Crippen LogP contribution in [0.1, 0.15) is 32.8 Å². The van der Waals surface area contributed by atoms with E-state index in [9.17, 15) is 4.39 Å². The monoisotopic (exact) mass is 248 g/mol. The van der Waals surface area contributed by atoms with Crippen molar-refractivity contribution in [3.8, 4) is 6.07 Å². The summed E-state index contributed by atoms with van der Waals surface area (Å²) >= 11 is 0. The number of halogens is 1. The van der Waals surface area contributed by atoms with Crippen LogP contribution in [0.25, 0.3) is 0 Å². The van der Waals surface area contributed by atoms with E-state index in [1.807, 2.05) is 0 Å². The molecule has 18 heavy (non-hydrogen) atoms. The van der Waals surface area contributed by atoms with Gasteiger partial charge in [0.05, 0.1) is 6.07 Å². The van der Waals surface area contributed by atoms with E-state index in [4.69, 9.17) is 5.26 Å². The second-order valence-electron chi connectivity index (χ2n) is 5.81. The summed E-state index contributed by atoms with van der Waals surface area (Å²) in [5, 5.41) is 8.69. The summed E-state index contributed by atoms with van der Waals surface area (Å²) in [5.74, 6) is -0.210. The zero-order valence-corrected chi connectivity index (χ0v) is 11.4. The largest absolute Gasteiger partial charge is 0.298 e. The smallest absolute Gasteiger partial charge is 0.123 e. The van der Waals surface area contributed by atoms with Crippen LogP contribution in [-0.4, -0.2) is 18.0 Å². The summed E-state index contributed by atoms with van der Waals surface area (Å²) in [6, 6.07) is 8.75. The Balaban J connectivity index is 2.65. The molecule has 98 valence electrons. The molecule has 3 heteroatoms. The van der Waals surface area contributed by atoms with Gasteiger partial charge >= 0.3 is 0 Å². The van der Waals surface area contributed by atoms with Crippen LogP contribution >= 0.6 is 0 Å². The molecule has 0 aliphatic carbocycles. The third-order valence-corrected chi connectivity index (χ3v) is 2.56. The van der Waals surface area contributed by atoms with Crippen LogP contribution in [0.5, 0.6) is 0 Å². The van der Waals surface area contributed by atoms with Crippen molar-refractivity contribution >= 4 is 0 Å². The van der Waals surface area contributed by atoms with Gasteiger partial charge in [0.1, 0.15) is 5.82 Å². The van der Waals surface area contributed by atoms with E-state index in [2.05, 4.69) is 31.7 Å². The molecule has 0 N–H and O–H groups in total. The van der Waals surface area contributed by atoms with Crippen molar-refractivity contribution < 1.29 is 4.39 Å². The first-order chi connectivity index (χ1) is 8.40. The minimum atomic E-state index is -0.210. The fraction of sp³-hybridized carbons (Fsp3) is 0.533. The molecule has 0 unspecified atom stereocenters. The van der Waals surface area contributed by atoms with Gasteiger partial charge in [0.2, 0.25) is 0 Å². The van der Waals surface area contributed by atoms with E-state index >= 15 is 0 Å². The highest BCUT2D eigenvalue weighted by Crippen LogP contribution is 2.17. The van der Waals surface area contributed by atoms with Gasteiger partial charge in [0, 0.05) is 26.1 Å². The summed E-state index contributed by atoms with van der Waals surface area (Å²) in [5.41, 5.74) is 1.27. The van der Waals surface area contributed by atoms with Crippen LogP contribution in [-0.2, 0) is 6.54 Å². The Bertz CT molecular complexity index is 398. The molecule has 0 radical (unpaired) electrons. The van der Waals surface area contributed by atoms with Crippen LogP contribution < -0.4 is 0 Å². The summed E-state index contributed by atoms with van der Waals surface area (Å²) in [6.45, 7) is 8.97. The normalized spacial score (nSPS) is 11.6. The van der Waals surface area contributed by atoms with E-state index in [0.717, 1.165) is 25.2 Å². The Kier molecular flexibility index (Phi) is 5.30. The Labute approximate surface area is 109 Å². The van der Waals surface area contributed by atoms with Crippen molar-refractivity contribution in [2.75, 3.05) is 13.1 Å². The van der Waals surface area contributed by atoms with E-state index in [1.165, 1.54) is 12.1 Å². The number of benzene rings is 1. The third kappa shape index (κ3) is 5.79. The van der Waals surface area contributed by atoms with Crippen molar-refractivity contribution in [2.45, 2.75) is 33.7 Å². The summed E-state index contributed by atoms with van der Waals surface area (Å²) in [7, 11) is 0. The van der Waals surface area contributed by atoms with Crippen LogP contribution in [0.15, 0.2) is 24.3 Å². The Morgan fingerprint density at radius 1 is 1.22 bits per heavy atom. The van der Waals surface area contributed by atoms with E-state index in [1.54, 1.807) is 12.1 Å². The molecule has 0 heterocycles. The molecule has 0 aliphatic heterocycles. The van der Waals surface area contributed by atoms with E-state index < -0.39 is 0 Å². The maximum atomic E-state index is 12.8. The van der Waals surface area contributed by atoms with Gasteiger partial charge in [-0.15, -0.1) is 0 Å². The molecule has 0 saturated heterocycles. The van der Waals surface area contributed by atoms with Gasteiger partial charge in [-0.3, -0.25) is 4.90 Å². The molecule has 0 amide bonds. The van der Waals surface area contributed by atoms with Crippen molar-refractivity contribution in [1.82, 2.24) is 4.90 Å². The summed E-state index contributed by atoms with van der Waals surface area (Å²) in [4.78, 5) is 2.25. The number of nitriles is 1. The quantitative estimate of drug-likeness (QED) is 0.796. The van der Waals surface area contributed by atoms with Crippen molar-refractivity contribution in [2.24, 2.45) is 5.41 Å². The first-order valence-corrected chi connectivity index (χ1v) is 6.24. The van der Waals surface area contributed by atoms with Crippen molar-refractivity contribution in [1.29, 1.82) is 5.26 Å². The molecular weight excluding hydrogens is 227 g/mol. The van der Waals surface area contributed by atoms with Crippen molar-refractivity contribution in [3.05, 3.63) is 35.6 Å². The standard InChI is InChI=1S/C15H21FN2/c1-15(2,3)12-18(10-4-9-17)11-13-5-7-14(16)8-6-13/h5-8H,4,10-12H2,1-3H3. The molecule has 0 atom stereocenters. The first kappa shape index (κ1) is 14.7. The van der Waals surface area contributed by atoms with Gasteiger partial charge in [-0.2, -0.15) is 5.26 Å². The lowest BCUT2D eigenvalue weighted by Crippen LogP contribution is -2.33. The molecule has 0 aromatic heterocycles. The van der Waals surface area contributed by atoms with Gasteiger partial charge in [0.25, 0.3) is 0 Å². The lowest BCUT2D eigenvalue weighted by Gasteiger charge is -2.29. The number of rotatable bonds is 5. The second kappa shape index (κ2) is 6.51. The Hall–Kier alpha value is -1.40. The van der Waals surface area contributed by atoms with Gasteiger partial charge in [-0.05, 0) is 23.1 Å². The molecule has 2 nitrogen and oxygen atoms in total. The van der Waals surface area contributed by atoms with Crippen LogP contribution in [0.2, 0.25) is 0 Å². The van der Waals surface area contributed by atoms with E-state index in [-0.39, 0.29) is 11.2 Å². The Morgan fingerprint density at radius 3 is 2.33 bits per heavy atom. The molecule has 0 bridgehead atoms. The van der Waals surface area contributed by atoms with Gasteiger partial charge < -0.3 is 0 Å². The molecule has 1 rings (SSSR count). The lowest BCUT2D eigenvalue weighted by molar-refractivity contribution is 0.187. The summed E-state index contributed by atoms with van der Waals surface area (Å²) in [6.07, 6.45) is 0.525. The average Bonchev–Trinajstić information content (AvgIpc) is 2.27. The maximum absolute atomic E-state index is 12.8. The molecule has 1 aromatic rings. The number of hydrogen-bond donors (Lipinski definition) is 0. The maximum Gasteiger partial charge on any atom is 0.123 e. The SMILES string of the molecule is CC(C)(C)CN(CCC#N)Cc1ccc(F)cc1. The fourth-order valence-corrected chi connectivity index (χ4v) is 1.94. The number of nitrogens with zero attached hydrogens (tertiary/aromatic N) is 2. The molecule has 0 spiro atoms. The van der Waals surface area contributed by atoms with Gasteiger partial charge in [-0.25, -0.2) is 4.39 Å². The van der Waals surface area contributed by atoms with Crippen LogP contribution in [0.3, 0.4) is 0 Å². The van der Waals surface area contributed by atoms with Crippen LogP contribution in [0.4, 0.5) is 4.39 Å². The zero-order valence-electron chi connectivity index (χ0n) is 11.4. The first-order valence-electron chi connectivity index (χ1n) is 6.24. The molecule has 1 aromatic carbocycles. The molecule has 0 fully saturated rings. The second-order valence-corrected chi connectivity index (χ2v) is 5.81. The predicted molar refractivity (Wildman–Crippen MR) is 71.4 cm³/mol. The zero-order chi connectivity index (χ0) is 13.6. The highest BCUT2D eigenvalue weighted by molar-refractivity contribution is 5.15. The molecule has 0 aliphatic rings. The number of hydrogen-bond acceptors (Lipinski definition) is 2. The minimum absolute atomic E-state index is 0.190. The summed E-state index contributed by atoms with van der Waals surface area (Å²) < 4.78 is 12.8. The van der Waals surface area contributed by atoms with Gasteiger partial charge in [-0.1, -0.05) is 32.9 Å². The highest BCUT2D eigenvalue weighted by atomic mass is 19.1. The third-order valence-electron chi connectivity index (χ3n) is 2.56. The predicted octanol–water partition coefficient (Wildman–Crippen LogP) is 3.59. The van der Waals surface area contributed by atoms with Crippen molar-refractivity contribution in [3.63, 3.8) is 0 Å². The average molecular weight is 248 g/mol. The van der Waals surface area contributed by atoms with Gasteiger partial charge in [0.15, 0.2) is 0 Å². The molecule has 0 saturated carbocycles. The topological polar surface area (TPSA) is 27.0 Å².